The van der Waals surface area contributed by atoms with Crippen LogP contribution in [0.25, 0.3) is 0 Å². The summed E-state index contributed by atoms with van der Waals surface area (Å²) >= 11 is 1.49. The van der Waals surface area contributed by atoms with E-state index in [2.05, 4.69) is 10.3 Å². The summed E-state index contributed by atoms with van der Waals surface area (Å²) in [6.07, 6.45) is 6.34. The maximum atomic E-state index is 11.9. The molecule has 0 aromatic carbocycles. The van der Waals surface area contributed by atoms with Gasteiger partial charge in [0.05, 0.1) is 17.2 Å². The molecule has 1 aromatic rings. The van der Waals surface area contributed by atoms with Crippen LogP contribution >= 0.6 is 11.3 Å². The molecule has 0 saturated heterocycles. The highest BCUT2D eigenvalue weighted by molar-refractivity contribution is 7.09. The van der Waals surface area contributed by atoms with E-state index < -0.39 is 23.8 Å². The van der Waals surface area contributed by atoms with Crippen molar-refractivity contribution in [2.24, 2.45) is 0 Å². The molecule has 0 spiro atoms. The Hall–Kier alpha value is -1.18. The van der Waals surface area contributed by atoms with Crippen LogP contribution in [0.1, 0.15) is 57.9 Å². The highest BCUT2D eigenvalue weighted by Gasteiger charge is 2.37. The van der Waals surface area contributed by atoms with Gasteiger partial charge in [0, 0.05) is 36.1 Å². The molecule has 3 N–H and O–H groups in total. The zero-order valence-electron chi connectivity index (χ0n) is 15.4. The Kier molecular flexibility index (Phi) is 7.22. The first-order valence-electron chi connectivity index (χ1n) is 9.11. The first kappa shape index (κ1) is 20.1. The predicted molar refractivity (Wildman–Crippen MR) is 100 cm³/mol. The van der Waals surface area contributed by atoms with E-state index in [1.165, 1.54) is 35.5 Å². The number of hydrogen-bond acceptors (Lipinski definition) is 5. The molecule has 2 rings (SSSR count). The number of aromatic nitrogens is 1. The van der Waals surface area contributed by atoms with Crippen LogP contribution in [-0.2, 0) is 6.42 Å². The summed E-state index contributed by atoms with van der Waals surface area (Å²) < 4.78 is 0. The average Bonchev–Trinajstić information content (AvgIpc) is 3.04. The number of nitrogens with zero attached hydrogens (tertiary/aromatic N) is 2. The molecular weight excluding hydrogens is 338 g/mol. The van der Waals surface area contributed by atoms with Crippen molar-refractivity contribution >= 4 is 17.4 Å². The van der Waals surface area contributed by atoms with E-state index in [0.717, 1.165) is 17.8 Å². The third-order valence-electron chi connectivity index (χ3n) is 4.79. The van der Waals surface area contributed by atoms with Crippen molar-refractivity contribution in [2.75, 3.05) is 6.54 Å². The van der Waals surface area contributed by atoms with Gasteiger partial charge in [-0.05, 0) is 33.6 Å². The molecular formula is C18H31N3O3S. The Bertz CT molecular complexity index is 524. The summed E-state index contributed by atoms with van der Waals surface area (Å²) in [5, 5.41) is 26.7. The second-order valence-electron chi connectivity index (χ2n) is 7.83. The van der Waals surface area contributed by atoms with Crippen LogP contribution in [0, 0.1) is 0 Å². The van der Waals surface area contributed by atoms with Gasteiger partial charge in [-0.1, -0.05) is 19.3 Å². The Morgan fingerprint density at radius 2 is 2.08 bits per heavy atom. The lowest BCUT2D eigenvalue weighted by Gasteiger charge is -2.41. The lowest BCUT2D eigenvalue weighted by Crippen LogP contribution is -2.58. The van der Waals surface area contributed by atoms with Crippen LogP contribution in [0.2, 0.25) is 0 Å². The maximum Gasteiger partial charge on any atom is 0.408 e. The molecule has 1 fully saturated rings. The molecule has 142 valence electrons. The standard InChI is InChI=1S/C18H31N3O3S/c1-18(2,3)21(17(23)24)14(11-16-19-9-10-25-16)15(22)12-20-13-7-5-4-6-8-13/h9-10,13-15,20,22H,4-8,11-12H2,1-3H3,(H,23,24)/t14-,15+/m0/s1. The highest BCUT2D eigenvalue weighted by Crippen LogP contribution is 2.24. The fourth-order valence-electron chi connectivity index (χ4n) is 3.59. The average molecular weight is 370 g/mol. The topological polar surface area (TPSA) is 85.7 Å². The van der Waals surface area contributed by atoms with Gasteiger partial charge >= 0.3 is 6.09 Å². The number of aliphatic hydroxyl groups excluding tert-OH is 1. The normalized spacial score (nSPS) is 18.7. The minimum atomic E-state index is -1.01. The second-order valence-corrected chi connectivity index (χ2v) is 8.81. The van der Waals surface area contributed by atoms with Crippen molar-refractivity contribution in [1.82, 2.24) is 15.2 Å². The highest BCUT2D eigenvalue weighted by atomic mass is 32.1. The molecule has 0 unspecified atom stereocenters. The van der Waals surface area contributed by atoms with Gasteiger partial charge in [-0.3, -0.25) is 4.90 Å². The molecule has 0 bridgehead atoms. The molecule has 1 saturated carbocycles. The Morgan fingerprint density at radius 1 is 1.40 bits per heavy atom. The number of amides is 1. The molecule has 0 aliphatic heterocycles. The van der Waals surface area contributed by atoms with E-state index >= 15 is 0 Å². The van der Waals surface area contributed by atoms with Crippen molar-refractivity contribution in [3.63, 3.8) is 0 Å². The summed E-state index contributed by atoms with van der Waals surface area (Å²) in [4.78, 5) is 17.6. The summed E-state index contributed by atoms with van der Waals surface area (Å²) in [5.41, 5.74) is -0.598. The summed E-state index contributed by atoms with van der Waals surface area (Å²) in [5.74, 6) is 0. The molecule has 6 nitrogen and oxygen atoms in total. The van der Waals surface area contributed by atoms with Crippen LogP contribution in [0.5, 0.6) is 0 Å². The van der Waals surface area contributed by atoms with E-state index in [-0.39, 0.29) is 0 Å². The number of aliphatic hydroxyl groups is 1. The van der Waals surface area contributed by atoms with Crippen LogP contribution in [-0.4, -0.2) is 56.5 Å². The van der Waals surface area contributed by atoms with Crippen molar-refractivity contribution in [2.45, 2.75) is 83.0 Å². The minimum absolute atomic E-state index is 0.403. The monoisotopic (exact) mass is 369 g/mol. The summed E-state index contributed by atoms with van der Waals surface area (Å²) in [7, 11) is 0. The van der Waals surface area contributed by atoms with E-state index in [4.69, 9.17) is 0 Å². The van der Waals surface area contributed by atoms with Crippen molar-refractivity contribution in [3.05, 3.63) is 16.6 Å². The molecule has 1 heterocycles. The third-order valence-corrected chi connectivity index (χ3v) is 5.59. The van der Waals surface area contributed by atoms with Gasteiger partial charge in [-0.2, -0.15) is 0 Å². The Labute approximate surface area is 154 Å². The fourth-order valence-corrected chi connectivity index (χ4v) is 4.26. The Morgan fingerprint density at radius 3 is 2.60 bits per heavy atom. The van der Waals surface area contributed by atoms with Gasteiger partial charge in [-0.25, -0.2) is 9.78 Å². The van der Waals surface area contributed by atoms with Gasteiger partial charge in [-0.15, -0.1) is 11.3 Å². The van der Waals surface area contributed by atoms with E-state index in [1.54, 1.807) is 6.20 Å². The van der Waals surface area contributed by atoms with Crippen molar-refractivity contribution in [3.8, 4) is 0 Å². The lowest BCUT2D eigenvalue weighted by molar-refractivity contribution is 0.00647. The van der Waals surface area contributed by atoms with E-state index in [0.29, 0.717) is 19.0 Å². The van der Waals surface area contributed by atoms with Crippen molar-refractivity contribution < 1.29 is 15.0 Å². The van der Waals surface area contributed by atoms with Gasteiger partial charge < -0.3 is 15.5 Å². The van der Waals surface area contributed by atoms with Gasteiger partial charge in [0.1, 0.15) is 0 Å². The Balaban J connectivity index is 2.09. The van der Waals surface area contributed by atoms with Crippen molar-refractivity contribution in [1.29, 1.82) is 0 Å². The molecule has 0 radical (unpaired) electrons. The number of carboxylic acid groups (broad SMARTS) is 1. The molecule has 1 aromatic heterocycles. The fraction of sp³-hybridized carbons (Fsp3) is 0.778. The van der Waals surface area contributed by atoms with Crippen LogP contribution in [0.4, 0.5) is 4.79 Å². The van der Waals surface area contributed by atoms with Crippen LogP contribution < -0.4 is 5.32 Å². The molecule has 1 amide bonds. The number of hydrogen-bond donors (Lipinski definition) is 3. The first-order valence-corrected chi connectivity index (χ1v) is 9.99. The zero-order valence-corrected chi connectivity index (χ0v) is 16.3. The molecule has 1 aliphatic carbocycles. The van der Waals surface area contributed by atoms with Gasteiger partial charge in [0.15, 0.2) is 0 Å². The van der Waals surface area contributed by atoms with Gasteiger partial charge in [0.25, 0.3) is 0 Å². The molecule has 1 aliphatic rings. The number of carbonyl (C=O) groups is 1. The largest absolute Gasteiger partial charge is 0.465 e. The lowest BCUT2D eigenvalue weighted by atomic mass is 9.94. The molecule has 7 heteroatoms. The SMILES string of the molecule is CC(C)(C)N(C(=O)O)[C@@H](Cc1nccs1)[C@H](O)CNC1CCCCC1. The maximum absolute atomic E-state index is 11.9. The molecule has 25 heavy (non-hydrogen) atoms. The van der Waals surface area contributed by atoms with Crippen LogP contribution in [0.15, 0.2) is 11.6 Å². The number of rotatable bonds is 7. The number of thiazole rings is 1. The smallest absolute Gasteiger partial charge is 0.408 e. The van der Waals surface area contributed by atoms with Gasteiger partial charge in [0.2, 0.25) is 0 Å². The van der Waals surface area contributed by atoms with E-state index in [1.807, 2.05) is 26.2 Å². The zero-order chi connectivity index (χ0) is 18.4. The van der Waals surface area contributed by atoms with E-state index in [9.17, 15) is 15.0 Å². The number of nitrogens with one attached hydrogen (secondary N) is 1. The summed E-state index contributed by atoms with van der Waals surface area (Å²) in [6, 6.07) is -0.100. The minimum Gasteiger partial charge on any atom is -0.465 e. The first-order chi connectivity index (χ1) is 11.8. The summed E-state index contributed by atoms with van der Waals surface area (Å²) in [6.45, 7) is 5.98. The quantitative estimate of drug-likeness (QED) is 0.687. The third kappa shape index (κ3) is 5.94. The molecule has 2 atom stereocenters. The predicted octanol–water partition coefficient (Wildman–Crippen LogP) is 3.12. The van der Waals surface area contributed by atoms with Crippen LogP contribution in [0.3, 0.4) is 0 Å². The second kappa shape index (κ2) is 8.96.